The molecule has 0 amide bonds. The molecule has 0 fully saturated rings. The van der Waals surface area contributed by atoms with Crippen LogP contribution in [0.1, 0.15) is 16.9 Å². The van der Waals surface area contributed by atoms with Gasteiger partial charge in [0.25, 0.3) is 0 Å². The van der Waals surface area contributed by atoms with Crippen LogP contribution in [-0.4, -0.2) is 15.3 Å². The maximum absolute atomic E-state index is 5.09. The van der Waals surface area contributed by atoms with Gasteiger partial charge in [-0.3, -0.25) is 0 Å². The molecule has 78 heavy (non-hydrogen) atoms. The average molecular weight is 1050 g/mol. The number of benzene rings is 13. The summed E-state index contributed by atoms with van der Waals surface area (Å²) >= 11 is 5.49. The Labute approximate surface area is 463 Å². The summed E-state index contributed by atoms with van der Waals surface area (Å²) in [5, 5.41) is 21.2. The van der Waals surface area contributed by atoms with Gasteiger partial charge in [-0.05, 0) is 162 Å². The van der Waals surface area contributed by atoms with Crippen molar-refractivity contribution >= 4 is 125 Å². The summed E-state index contributed by atoms with van der Waals surface area (Å²) in [6.07, 6.45) is 0. The molecule has 1 aliphatic heterocycles. The molecule has 0 bridgehead atoms. The molecule has 1 N–H and O–H groups in total. The van der Waals surface area contributed by atoms with Crippen molar-refractivity contribution in [3.8, 4) is 66.8 Å². The van der Waals surface area contributed by atoms with Crippen molar-refractivity contribution in [1.82, 2.24) is 9.97 Å². The van der Waals surface area contributed by atoms with Crippen molar-refractivity contribution in [2.24, 2.45) is 0 Å². The molecule has 6 heteroatoms. The molecule has 1 aliphatic rings. The zero-order valence-corrected chi connectivity index (χ0v) is 45.4. The summed E-state index contributed by atoms with van der Waals surface area (Å²) in [4.78, 5) is 11.5. The quantitative estimate of drug-likeness (QED) is 0.168. The molecule has 1 unspecified atom stereocenters. The van der Waals surface area contributed by atoms with E-state index in [1.807, 2.05) is 11.8 Å². The van der Waals surface area contributed by atoms with E-state index in [2.05, 4.69) is 244 Å². The van der Waals surface area contributed by atoms with Gasteiger partial charge in [-0.2, -0.15) is 0 Å². The van der Waals surface area contributed by atoms with Crippen LogP contribution in [0.2, 0.25) is 0 Å². The fourth-order valence-electron chi connectivity index (χ4n) is 12.8. The van der Waals surface area contributed by atoms with Crippen LogP contribution in [-0.2, 0) is 0 Å². The normalized spacial score (nSPS) is 13.5. The predicted molar refractivity (Wildman–Crippen MR) is 339 cm³/mol. The first-order valence-corrected chi connectivity index (χ1v) is 29.2. The molecule has 1 atom stereocenters. The van der Waals surface area contributed by atoms with Gasteiger partial charge in [-0.15, -0.1) is 22.7 Å². The van der Waals surface area contributed by atoms with Crippen molar-refractivity contribution in [2.75, 3.05) is 5.32 Å². The van der Waals surface area contributed by atoms with Crippen LogP contribution in [0.15, 0.2) is 223 Å². The smallest absolute Gasteiger partial charge is 0.0908 e. The first-order chi connectivity index (χ1) is 38.4. The molecule has 16 rings (SSSR count). The lowest BCUT2D eigenvalue weighted by Crippen LogP contribution is -2.03. The lowest BCUT2D eigenvalue weighted by molar-refractivity contribution is 1.15. The summed E-state index contributed by atoms with van der Waals surface area (Å²) in [6.45, 7) is 6.48. The standard InChI is InChI=1S/C72H47N3S3/c1-40-73-67-58-31-28-43(37-64(58)55-22-10-13-25-61(55)70(67)76-40)49-16-4-7-19-52(49)46-34-47(53-20-8-5-17-50(53)44-29-32-59-65(38-44)56-23-11-14-26-62(56)71-68(59)74-41(2)77-71)36-48(35-46)54-21-9-6-18-51(54)45-30-33-60-66(39-45)57-24-12-15-27-63(57)72-69(60)75-42(3)78-72/h4-40,73H,1-3H3. The van der Waals surface area contributed by atoms with E-state index in [0.29, 0.717) is 5.37 Å². The van der Waals surface area contributed by atoms with Gasteiger partial charge in [0.15, 0.2) is 0 Å². The Hall–Kier alpha value is -8.65. The highest BCUT2D eigenvalue weighted by atomic mass is 32.2. The number of aromatic nitrogens is 2. The first kappa shape index (κ1) is 45.5. The second-order valence-electron chi connectivity index (χ2n) is 20.8. The van der Waals surface area contributed by atoms with Crippen molar-refractivity contribution in [3.05, 3.63) is 228 Å². The van der Waals surface area contributed by atoms with Gasteiger partial charge in [0.2, 0.25) is 0 Å². The van der Waals surface area contributed by atoms with Crippen molar-refractivity contribution in [3.63, 3.8) is 0 Å². The van der Waals surface area contributed by atoms with Gasteiger partial charge in [0.05, 0.1) is 41.5 Å². The maximum Gasteiger partial charge on any atom is 0.0908 e. The summed E-state index contributed by atoms with van der Waals surface area (Å²) in [6, 6.07) is 81.9. The first-order valence-electron chi connectivity index (χ1n) is 26.7. The van der Waals surface area contributed by atoms with E-state index in [0.717, 1.165) is 37.7 Å². The van der Waals surface area contributed by atoms with Crippen LogP contribution in [0.5, 0.6) is 0 Å². The molecule has 0 spiro atoms. The SMILES string of the molecule is Cc1nc2c3ccc(-c4ccccc4-c4cc(-c5ccccc5-c5ccc6c7c(c8ccccc8c6c5)SC(C)N7)cc(-c5ccccc5-c5ccc6c(c5)c5ccccc5c5sc(C)nc65)c4)cc3c3ccccc3c2s1. The highest BCUT2D eigenvalue weighted by molar-refractivity contribution is 8.00. The van der Waals surface area contributed by atoms with Gasteiger partial charge in [-0.25, -0.2) is 9.97 Å². The van der Waals surface area contributed by atoms with Gasteiger partial charge >= 0.3 is 0 Å². The van der Waals surface area contributed by atoms with E-state index in [1.54, 1.807) is 22.7 Å². The number of nitrogens with zero attached hydrogens (tertiary/aromatic N) is 2. The van der Waals surface area contributed by atoms with E-state index in [4.69, 9.17) is 9.97 Å². The molecule has 2 aromatic heterocycles. The highest BCUT2D eigenvalue weighted by Gasteiger charge is 2.25. The van der Waals surface area contributed by atoms with E-state index >= 15 is 0 Å². The second kappa shape index (κ2) is 17.7. The predicted octanol–water partition coefficient (Wildman–Crippen LogP) is 21.3. The second-order valence-corrected chi connectivity index (χ2v) is 24.5. The number of rotatable bonds is 6. The van der Waals surface area contributed by atoms with E-state index < -0.39 is 0 Å². The van der Waals surface area contributed by atoms with E-state index in [1.165, 1.54) is 135 Å². The molecule has 3 heterocycles. The zero-order valence-electron chi connectivity index (χ0n) is 43.0. The van der Waals surface area contributed by atoms with Crippen LogP contribution < -0.4 is 5.32 Å². The average Bonchev–Trinajstić information content (AvgIpc) is 4.40. The minimum atomic E-state index is 0.311. The fraction of sp³-hybridized carbons (Fsp3) is 0.0556. The monoisotopic (exact) mass is 1050 g/mol. The lowest BCUT2D eigenvalue weighted by atomic mass is 9.85. The number of fused-ring (bicyclic) bond motifs is 18. The number of hydrogen-bond acceptors (Lipinski definition) is 6. The van der Waals surface area contributed by atoms with Crippen LogP contribution in [0.4, 0.5) is 5.69 Å². The molecule has 0 aliphatic carbocycles. The summed E-state index contributed by atoms with van der Waals surface area (Å²) in [5.41, 5.74) is 17.5. The Morgan fingerprint density at radius 1 is 0.321 bits per heavy atom. The molecule has 368 valence electrons. The molecule has 0 saturated carbocycles. The van der Waals surface area contributed by atoms with Gasteiger partial charge < -0.3 is 5.32 Å². The Kier molecular flexibility index (Phi) is 10.3. The van der Waals surface area contributed by atoms with Crippen molar-refractivity contribution in [2.45, 2.75) is 31.0 Å². The Balaban J connectivity index is 0.919. The van der Waals surface area contributed by atoms with Crippen LogP contribution in [0, 0.1) is 13.8 Å². The van der Waals surface area contributed by atoms with Gasteiger partial charge in [-0.1, -0.05) is 194 Å². The lowest BCUT2D eigenvalue weighted by Gasteiger charge is -2.19. The molecule has 3 nitrogen and oxygen atoms in total. The zero-order chi connectivity index (χ0) is 51.8. The minimum absolute atomic E-state index is 0.311. The summed E-state index contributed by atoms with van der Waals surface area (Å²) in [5.74, 6) is 0. The number of thiazole rings is 2. The van der Waals surface area contributed by atoms with Crippen LogP contribution >= 0.6 is 34.4 Å². The summed E-state index contributed by atoms with van der Waals surface area (Å²) < 4.78 is 2.51. The number of aryl methyl sites for hydroxylation is 2. The third-order valence-corrected chi connectivity index (χ3v) is 19.3. The third-order valence-electron chi connectivity index (χ3n) is 16.1. The Morgan fingerprint density at radius 3 is 1.08 bits per heavy atom. The molecule has 13 aromatic carbocycles. The fourth-order valence-corrected chi connectivity index (χ4v) is 15.8. The highest BCUT2D eigenvalue weighted by Crippen LogP contribution is 2.50. The number of anilines is 1. The minimum Gasteiger partial charge on any atom is -0.372 e. The molecule has 0 radical (unpaired) electrons. The molecule has 0 saturated heterocycles. The number of hydrogen-bond donors (Lipinski definition) is 1. The van der Waals surface area contributed by atoms with Crippen molar-refractivity contribution in [1.29, 1.82) is 0 Å². The Bertz CT molecular complexity index is 4820. The Morgan fingerprint density at radius 2 is 0.654 bits per heavy atom. The van der Waals surface area contributed by atoms with E-state index in [-0.39, 0.29) is 0 Å². The summed E-state index contributed by atoms with van der Waals surface area (Å²) in [7, 11) is 0. The number of nitrogens with one attached hydrogen (secondary N) is 1. The topological polar surface area (TPSA) is 37.8 Å². The molecule has 15 aromatic rings. The van der Waals surface area contributed by atoms with Crippen LogP contribution in [0.3, 0.4) is 0 Å². The molecular weight excluding hydrogens is 1000 g/mol. The van der Waals surface area contributed by atoms with E-state index in [9.17, 15) is 0 Å². The number of thioether (sulfide) groups is 1. The van der Waals surface area contributed by atoms with Crippen molar-refractivity contribution < 1.29 is 0 Å². The third kappa shape index (κ3) is 7.10. The van der Waals surface area contributed by atoms with Crippen LogP contribution in [0.25, 0.3) is 152 Å². The largest absolute Gasteiger partial charge is 0.372 e. The van der Waals surface area contributed by atoms with Gasteiger partial charge in [0.1, 0.15) is 0 Å². The maximum atomic E-state index is 5.09. The molecular formula is C72H47N3S3. The van der Waals surface area contributed by atoms with Gasteiger partial charge in [0, 0.05) is 31.8 Å².